The van der Waals surface area contributed by atoms with Crippen LogP contribution in [-0.2, 0) is 10.0 Å². The Morgan fingerprint density at radius 1 is 1.35 bits per heavy atom. The van der Waals surface area contributed by atoms with Crippen molar-refractivity contribution in [2.45, 2.75) is 12.8 Å². The van der Waals surface area contributed by atoms with Gasteiger partial charge in [0.25, 0.3) is 0 Å². The summed E-state index contributed by atoms with van der Waals surface area (Å²) in [5.41, 5.74) is 1.02. The maximum Gasteiger partial charge on any atom is 0.215 e. The van der Waals surface area contributed by atoms with Gasteiger partial charge in [-0.2, -0.15) is 4.31 Å². The van der Waals surface area contributed by atoms with Gasteiger partial charge < -0.3 is 0 Å². The summed E-state index contributed by atoms with van der Waals surface area (Å²) in [4.78, 5) is 0. The van der Waals surface area contributed by atoms with E-state index in [9.17, 15) is 8.42 Å². The Balaban J connectivity index is 2.76. The lowest BCUT2D eigenvalue weighted by atomic mass is 10.0. The van der Waals surface area contributed by atoms with Crippen LogP contribution in [0.25, 0.3) is 0 Å². The molecule has 1 aromatic rings. The van der Waals surface area contributed by atoms with Crippen molar-refractivity contribution < 1.29 is 8.42 Å². The Bertz CT molecular complexity index is 488. The Kier molecular flexibility index (Phi) is 4.73. The van der Waals surface area contributed by atoms with Gasteiger partial charge in [0.1, 0.15) is 0 Å². The first kappa shape index (κ1) is 13.8. The van der Waals surface area contributed by atoms with Crippen molar-refractivity contribution in [1.29, 1.82) is 0 Å². The van der Waals surface area contributed by atoms with Crippen molar-refractivity contribution in [3.8, 4) is 12.3 Å². The van der Waals surface area contributed by atoms with Gasteiger partial charge in [0.05, 0.1) is 12.3 Å². The molecule has 1 unspecified atom stereocenters. The van der Waals surface area contributed by atoms with Crippen LogP contribution < -0.4 is 0 Å². The smallest absolute Gasteiger partial charge is 0.212 e. The standard InChI is InChI=1S/C13H17NO2S/c1-4-10-14(3)17(15,16)11-12(2)13-8-6-5-7-9-13/h1,5-9,12H,10-11H2,2-3H3. The second kappa shape index (κ2) is 5.85. The summed E-state index contributed by atoms with van der Waals surface area (Å²) in [6.45, 7) is 2.01. The van der Waals surface area contributed by atoms with Crippen LogP contribution in [0.1, 0.15) is 18.4 Å². The van der Waals surface area contributed by atoms with E-state index in [2.05, 4.69) is 5.92 Å². The van der Waals surface area contributed by atoms with Crippen LogP contribution in [0.3, 0.4) is 0 Å². The first-order chi connectivity index (χ1) is 7.97. The van der Waals surface area contributed by atoms with Crippen LogP contribution in [0.15, 0.2) is 30.3 Å². The highest BCUT2D eigenvalue weighted by Crippen LogP contribution is 2.17. The van der Waals surface area contributed by atoms with Crippen LogP contribution >= 0.6 is 0 Å². The summed E-state index contributed by atoms with van der Waals surface area (Å²) < 4.78 is 25.1. The van der Waals surface area contributed by atoms with Gasteiger partial charge in [0.2, 0.25) is 10.0 Å². The molecule has 0 heterocycles. The summed E-state index contributed by atoms with van der Waals surface area (Å²) in [6, 6.07) is 9.59. The first-order valence-corrected chi connectivity index (χ1v) is 7.00. The van der Waals surface area contributed by atoms with Crippen LogP contribution in [0, 0.1) is 12.3 Å². The lowest BCUT2D eigenvalue weighted by Crippen LogP contribution is -2.31. The molecule has 0 aliphatic heterocycles. The van der Waals surface area contributed by atoms with Gasteiger partial charge >= 0.3 is 0 Å². The molecule has 0 saturated heterocycles. The second-order valence-electron chi connectivity index (χ2n) is 4.05. The Hall–Kier alpha value is -1.31. The van der Waals surface area contributed by atoms with E-state index in [-0.39, 0.29) is 18.2 Å². The third kappa shape index (κ3) is 3.88. The molecule has 4 heteroatoms. The number of terminal acetylenes is 1. The molecule has 0 spiro atoms. The third-order valence-corrected chi connectivity index (χ3v) is 4.62. The third-order valence-electron chi connectivity index (χ3n) is 2.62. The Morgan fingerprint density at radius 3 is 2.47 bits per heavy atom. The van der Waals surface area contributed by atoms with Gasteiger partial charge in [0.15, 0.2) is 0 Å². The van der Waals surface area contributed by atoms with Gasteiger partial charge in [-0.3, -0.25) is 0 Å². The number of sulfonamides is 1. The van der Waals surface area contributed by atoms with Crippen molar-refractivity contribution in [3.05, 3.63) is 35.9 Å². The van der Waals surface area contributed by atoms with Crippen LogP contribution in [0.4, 0.5) is 0 Å². The van der Waals surface area contributed by atoms with Gasteiger partial charge in [0, 0.05) is 7.05 Å². The molecule has 1 aromatic carbocycles. The second-order valence-corrected chi connectivity index (χ2v) is 6.17. The molecule has 3 nitrogen and oxygen atoms in total. The molecule has 17 heavy (non-hydrogen) atoms. The normalized spacial score (nSPS) is 13.3. The van der Waals surface area contributed by atoms with E-state index in [0.29, 0.717) is 0 Å². The van der Waals surface area contributed by atoms with E-state index in [0.717, 1.165) is 5.56 Å². The molecular weight excluding hydrogens is 234 g/mol. The quantitative estimate of drug-likeness (QED) is 0.747. The van der Waals surface area contributed by atoms with E-state index in [4.69, 9.17) is 6.42 Å². The highest BCUT2D eigenvalue weighted by Gasteiger charge is 2.21. The van der Waals surface area contributed by atoms with Crippen molar-refractivity contribution in [3.63, 3.8) is 0 Å². The van der Waals surface area contributed by atoms with E-state index in [1.54, 1.807) is 0 Å². The molecule has 1 rings (SSSR count). The highest BCUT2D eigenvalue weighted by atomic mass is 32.2. The average molecular weight is 251 g/mol. The molecule has 0 radical (unpaired) electrons. The molecule has 0 aliphatic rings. The van der Waals surface area contributed by atoms with Crippen molar-refractivity contribution in [2.75, 3.05) is 19.3 Å². The van der Waals surface area contributed by atoms with E-state index < -0.39 is 10.0 Å². The zero-order chi connectivity index (χ0) is 12.9. The summed E-state index contributed by atoms with van der Waals surface area (Å²) in [5.74, 6) is 2.37. The zero-order valence-corrected chi connectivity index (χ0v) is 10.9. The maximum absolute atomic E-state index is 11.9. The number of hydrogen-bond acceptors (Lipinski definition) is 2. The van der Waals surface area contributed by atoms with Crippen molar-refractivity contribution in [1.82, 2.24) is 4.31 Å². The molecule has 0 saturated carbocycles. The first-order valence-electron chi connectivity index (χ1n) is 5.40. The SMILES string of the molecule is C#CCN(C)S(=O)(=O)CC(C)c1ccccc1. The lowest BCUT2D eigenvalue weighted by Gasteiger charge is -2.18. The van der Waals surface area contributed by atoms with E-state index in [1.807, 2.05) is 37.3 Å². The van der Waals surface area contributed by atoms with Gasteiger partial charge in [-0.1, -0.05) is 43.2 Å². The molecule has 0 N–H and O–H groups in total. The topological polar surface area (TPSA) is 37.4 Å². The van der Waals surface area contributed by atoms with Crippen LogP contribution in [-0.4, -0.2) is 32.1 Å². The van der Waals surface area contributed by atoms with Gasteiger partial charge in [-0.15, -0.1) is 6.42 Å². The predicted molar refractivity (Wildman–Crippen MR) is 70.1 cm³/mol. The lowest BCUT2D eigenvalue weighted by molar-refractivity contribution is 0.499. The summed E-state index contributed by atoms with van der Waals surface area (Å²) >= 11 is 0. The number of benzene rings is 1. The van der Waals surface area contributed by atoms with E-state index >= 15 is 0 Å². The molecule has 92 valence electrons. The fourth-order valence-corrected chi connectivity index (χ4v) is 2.90. The number of hydrogen-bond donors (Lipinski definition) is 0. The molecule has 0 aromatic heterocycles. The molecule has 0 fully saturated rings. The Morgan fingerprint density at radius 2 is 1.94 bits per heavy atom. The minimum atomic E-state index is -3.28. The fourth-order valence-electron chi connectivity index (χ4n) is 1.55. The van der Waals surface area contributed by atoms with E-state index in [1.165, 1.54) is 11.4 Å². The van der Waals surface area contributed by atoms with Gasteiger partial charge in [-0.05, 0) is 11.5 Å². The number of nitrogens with zero attached hydrogens (tertiary/aromatic N) is 1. The molecular formula is C13H17NO2S. The fraction of sp³-hybridized carbons (Fsp3) is 0.385. The maximum atomic E-state index is 11.9. The predicted octanol–water partition coefficient (Wildman–Crippen LogP) is 1.68. The molecule has 1 atom stereocenters. The van der Waals surface area contributed by atoms with Crippen molar-refractivity contribution >= 4 is 10.0 Å². The highest BCUT2D eigenvalue weighted by molar-refractivity contribution is 7.89. The zero-order valence-electron chi connectivity index (χ0n) is 10.1. The molecule has 0 amide bonds. The number of rotatable bonds is 5. The summed E-state index contributed by atoms with van der Waals surface area (Å²) in [7, 11) is -1.77. The molecule has 0 aliphatic carbocycles. The van der Waals surface area contributed by atoms with Crippen LogP contribution in [0.5, 0.6) is 0 Å². The summed E-state index contributed by atoms with van der Waals surface area (Å²) in [5, 5.41) is 0. The Labute approximate surface area is 104 Å². The minimum absolute atomic E-state index is 0.0403. The monoisotopic (exact) mass is 251 g/mol. The minimum Gasteiger partial charge on any atom is -0.212 e. The van der Waals surface area contributed by atoms with Gasteiger partial charge in [-0.25, -0.2) is 8.42 Å². The van der Waals surface area contributed by atoms with Crippen LogP contribution in [0.2, 0.25) is 0 Å². The average Bonchev–Trinajstić information content (AvgIpc) is 2.30. The van der Waals surface area contributed by atoms with Crippen molar-refractivity contribution in [2.24, 2.45) is 0 Å². The largest absolute Gasteiger partial charge is 0.215 e. The summed E-state index contributed by atoms with van der Waals surface area (Å²) in [6.07, 6.45) is 5.11. The molecule has 0 bridgehead atoms.